The van der Waals surface area contributed by atoms with Gasteiger partial charge in [-0.2, -0.15) is 0 Å². The molecule has 4 atom stereocenters. The molecule has 1 aromatic carbocycles. The van der Waals surface area contributed by atoms with E-state index >= 15 is 0 Å². The molecule has 4 unspecified atom stereocenters. The Kier molecular flexibility index (Phi) is 4.55. The quantitative estimate of drug-likeness (QED) is 0.749. The summed E-state index contributed by atoms with van der Waals surface area (Å²) in [6.07, 6.45) is 0.717. The van der Waals surface area contributed by atoms with Crippen LogP contribution in [0.25, 0.3) is 0 Å². The predicted octanol–water partition coefficient (Wildman–Crippen LogP) is 1.41. The number of imide groups is 1. The second-order valence-electron chi connectivity index (χ2n) is 8.46. The number of carbonyl (C=O) groups is 3. The summed E-state index contributed by atoms with van der Waals surface area (Å²) >= 11 is 0. The fourth-order valence-electron chi connectivity index (χ4n) is 5.15. The van der Waals surface area contributed by atoms with Gasteiger partial charge in [-0.3, -0.25) is 24.6 Å². The van der Waals surface area contributed by atoms with Crippen molar-refractivity contribution in [2.24, 2.45) is 17.8 Å². The van der Waals surface area contributed by atoms with E-state index in [1.807, 2.05) is 25.1 Å². The summed E-state index contributed by atoms with van der Waals surface area (Å²) in [5.41, 5.74) is 1.27. The van der Waals surface area contributed by atoms with Crippen molar-refractivity contribution in [3.8, 4) is 0 Å². The van der Waals surface area contributed by atoms with Gasteiger partial charge in [-0.05, 0) is 24.8 Å². The number of benzene rings is 1. The maximum Gasteiger partial charge on any atom is 0.250 e. The Morgan fingerprint density at radius 1 is 1.21 bits per heavy atom. The van der Waals surface area contributed by atoms with E-state index in [1.54, 1.807) is 7.11 Å². The molecule has 2 saturated heterocycles. The Hall–Kier alpha value is -2.25. The predicted molar refractivity (Wildman–Crippen MR) is 103 cm³/mol. The first-order valence-corrected chi connectivity index (χ1v) is 9.86. The molecule has 3 heterocycles. The summed E-state index contributed by atoms with van der Waals surface area (Å²) in [5.74, 6) is -1.67. The van der Waals surface area contributed by atoms with Gasteiger partial charge >= 0.3 is 0 Å². The second-order valence-corrected chi connectivity index (χ2v) is 8.46. The van der Waals surface area contributed by atoms with Gasteiger partial charge in [0, 0.05) is 24.4 Å². The normalized spacial score (nSPS) is 31.1. The number of methoxy groups -OCH3 is 1. The highest BCUT2D eigenvalue weighted by Gasteiger charge is 2.70. The number of nitrogens with one attached hydrogen (secondary N) is 2. The number of ether oxygens (including phenoxy) is 1. The van der Waals surface area contributed by atoms with Gasteiger partial charge in [-0.15, -0.1) is 0 Å². The number of para-hydroxylation sites is 1. The van der Waals surface area contributed by atoms with Crippen LogP contribution >= 0.6 is 0 Å². The average Bonchev–Trinajstić information content (AvgIpc) is 3.20. The van der Waals surface area contributed by atoms with Crippen molar-refractivity contribution in [3.63, 3.8) is 0 Å². The van der Waals surface area contributed by atoms with Crippen LogP contribution in [0.1, 0.15) is 31.4 Å². The molecule has 150 valence electrons. The highest BCUT2D eigenvalue weighted by Crippen LogP contribution is 2.54. The fourth-order valence-corrected chi connectivity index (χ4v) is 5.15. The van der Waals surface area contributed by atoms with Crippen LogP contribution in [0.5, 0.6) is 0 Å². The molecule has 0 aliphatic carbocycles. The molecule has 3 aliphatic heterocycles. The standard InChI is InChI=1S/C21H27N3O4/c1-11(2)10-14-15-16(19(26)24(18(15)25)8-9-28-4)21(23-14)13-7-5-6-12(3)17(13)22-20(21)27/h5-7,11,14-16,23H,8-10H2,1-4H3,(H,22,27). The molecule has 0 aromatic heterocycles. The molecule has 7 heteroatoms. The summed E-state index contributed by atoms with van der Waals surface area (Å²) in [5, 5.41) is 6.43. The molecule has 0 saturated carbocycles. The SMILES string of the molecule is COCCN1C(=O)C2C(CC(C)C)NC3(C(=O)Nc4c(C)cccc43)C2C1=O. The molecule has 1 spiro atoms. The monoisotopic (exact) mass is 385 g/mol. The lowest BCUT2D eigenvalue weighted by Gasteiger charge is -2.29. The van der Waals surface area contributed by atoms with Gasteiger partial charge < -0.3 is 10.1 Å². The lowest BCUT2D eigenvalue weighted by atomic mass is 9.76. The molecule has 2 fully saturated rings. The third kappa shape index (κ3) is 2.46. The molecule has 3 aliphatic rings. The van der Waals surface area contributed by atoms with E-state index in [0.29, 0.717) is 12.3 Å². The maximum absolute atomic E-state index is 13.4. The number of hydrogen-bond acceptors (Lipinski definition) is 5. The van der Waals surface area contributed by atoms with Gasteiger partial charge in [0.2, 0.25) is 17.7 Å². The van der Waals surface area contributed by atoms with Gasteiger partial charge in [-0.1, -0.05) is 32.0 Å². The lowest BCUT2D eigenvalue weighted by molar-refractivity contribution is -0.143. The first-order valence-electron chi connectivity index (χ1n) is 9.86. The summed E-state index contributed by atoms with van der Waals surface area (Å²) in [4.78, 5) is 41.1. The van der Waals surface area contributed by atoms with Gasteiger partial charge in [0.15, 0.2) is 0 Å². The Labute approximate surface area is 164 Å². The number of hydrogen-bond donors (Lipinski definition) is 2. The minimum atomic E-state index is -1.19. The van der Waals surface area contributed by atoms with Crippen molar-refractivity contribution >= 4 is 23.4 Å². The smallest absolute Gasteiger partial charge is 0.250 e. The zero-order chi connectivity index (χ0) is 20.2. The van der Waals surface area contributed by atoms with E-state index < -0.39 is 17.4 Å². The first kappa shape index (κ1) is 19.1. The van der Waals surface area contributed by atoms with Gasteiger partial charge in [0.1, 0.15) is 5.54 Å². The number of nitrogens with zero attached hydrogens (tertiary/aromatic N) is 1. The van der Waals surface area contributed by atoms with E-state index in [2.05, 4.69) is 24.5 Å². The Morgan fingerprint density at radius 3 is 2.64 bits per heavy atom. The Morgan fingerprint density at radius 2 is 1.96 bits per heavy atom. The van der Waals surface area contributed by atoms with Crippen molar-refractivity contribution in [2.75, 3.05) is 25.6 Å². The van der Waals surface area contributed by atoms with Crippen LogP contribution in [0.2, 0.25) is 0 Å². The van der Waals surface area contributed by atoms with Crippen molar-refractivity contribution < 1.29 is 19.1 Å². The minimum absolute atomic E-state index is 0.198. The van der Waals surface area contributed by atoms with Crippen molar-refractivity contribution in [1.29, 1.82) is 0 Å². The van der Waals surface area contributed by atoms with Crippen molar-refractivity contribution in [3.05, 3.63) is 29.3 Å². The Balaban J connectivity index is 1.84. The molecular formula is C21H27N3O4. The van der Waals surface area contributed by atoms with Crippen LogP contribution in [-0.4, -0.2) is 48.9 Å². The summed E-state index contributed by atoms with van der Waals surface area (Å²) in [6.45, 7) is 6.60. The van der Waals surface area contributed by atoms with Crippen LogP contribution < -0.4 is 10.6 Å². The third-order valence-corrected chi connectivity index (χ3v) is 6.29. The average molecular weight is 385 g/mol. The molecule has 28 heavy (non-hydrogen) atoms. The lowest BCUT2D eigenvalue weighted by Crippen LogP contribution is -2.53. The highest BCUT2D eigenvalue weighted by molar-refractivity contribution is 6.15. The number of likely N-dealkylation sites (tertiary alicyclic amines) is 1. The summed E-state index contributed by atoms with van der Waals surface area (Å²) in [6, 6.07) is 5.48. The van der Waals surface area contributed by atoms with E-state index in [4.69, 9.17) is 4.74 Å². The molecule has 3 amide bonds. The van der Waals surface area contributed by atoms with Crippen LogP contribution in [0.4, 0.5) is 5.69 Å². The Bertz CT molecular complexity index is 852. The van der Waals surface area contributed by atoms with Crippen molar-refractivity contribution in [2.45, 2.75) is 38.8 Å². The molecule has 0 radical (unpaired) electrons. The summed E-state index contributed by atoms with van der Waals surface area (Å²) < 4.78 is 5.08. The maximum atomic E-state index is 13.4. The third-order valence-electron chi connectivity index (χ3n) is 6.29. The fraction of sp³-hybridized carbons (Fsp3) is 0.571. The molecule has 7 nitrogen and oxygen atoms in total. The number of rotatable bonds is 5. The topological polar surface area (TPSA) is 87.7 Å². The van der Waals surface area contributed by atoms with E-state index in [9.17, 15) is 14.4 Å². The highest BCUT2D eigenvalue weighted by atomic mass is 16.5. The van der Waals surface area contributed by atoms with Gasteiger partial charge in [-0.25, -0.2) is 0 Å². The molecule has 0 bridgehead atoms. The molecule has 1 aromatic rings. The molecule has 4 rings (SSSR count). The van der Waals surface area contributed by atoms with Gasteiger partial charge in [0.25, 0.3) is 0 Å². The largest absolute Gasteiger partial charge is 0.383 e. The zero-order valence-corrected chi connectivity index (χ0v) is 16.7. The van der Waals surface area contributed by atoms with Crippen LogP contribution in [0, 0.1) is 24.7 Å². The number of anilines is 1. The van der Waals surface area contributed by atoms with E-state index in [-0.39, 0.29) is 36.9 Å². The molecular weight excluding hydrogens is 358 g/mol. The van der Waals surface area contributed by atoms with Gasteiger partial charge in [0.05, 0.1) is 25.0 Å². The van der Waals surface area contributed by atoms with Crippen LogP contribution in [-0.2, 0) is 24.7 Å². The summed E-state index contributed by atoms with van der Waals surface area (Å²) in [7, 11) is 1.54. The molecule has 2 N–H and O–H groups in total. The number of amides is 3. The number of fused-ring (bicyclic) bond motifs is 4. The van der Waals surface area contributed by atoms with E-state index in [0.717, 1.165) is 16.8 Å². The van der Waals surface area contributed by atoms with E-state index in [1.165, 1.54) is 4.90 Å². The van der Waals surface area contributed by atoms with Crippen molar-refractivity contribution in [1.82, 2.24) is 10.2 Å². The van der Waals surface area contributed by atoms with Crippen LogP contribution in [0.15, 0.2) is 18.2 Å². The first-order chi connectivity index (χ1) is 13.3. The minimum Gasteiger partial charge on any atom is -0.383 e. The number of carbonyl (C=O) groups excluding carboxylic acids is 3. The zero-order valence-electron chi connectivity index (χ0n) is 16.7. The number of aryl methyl sites for hydroxylation is 1. The second kappa shape index (κ2) is 6.67. The van der Waals surface area contributed by atoms with Crippen LogP contribution in [0.3, 0.4) is 0 Å².